The minimum absolute atomic E-state index is 0.0145. The topological polar surface area (TPSA) is 95.4 Å². The van der Waals surface area contributed by atoms with Gasteiger partial charge in [0.15, 0.2) is 10.8 Å². The first-order valence-corrected chi connectivity index (χ1v) is 10.2. The maximum atomic E-state index is 14.5. The Morgan fingerprint density at radius 2 is 2.17 bits per heavy atom. The largest absolute Gasteiger partial charge is 0.415 e. The normalized spacial score (nSPS) is 17.1. The molecule has 1 fully saturated rings. The number of Topliss-reactive ketones (excluding diaryl/α,β-unsaturated/α-hetero) is 1. The maximum absolute atomic E-state index is 14.5. The third-order valence-corrected chi connectivity index (χ3v) is 6.28. The average Bonchev–Trinajstić information content (AvgIpc) is 3.48. The molecule has 1 aromatic heterocycles. The van der Waals surface area contributed by atoms with E-state index in [2.05, 4.69) is 10.0 Å². The second-order valence-corrected chi connectivity index (χ2v) is 8.30. The van der Waals surface area contributed by atoms with E-state index < -0.39 is 12.0 Å². The van der Waals surface area contributed by atoms with Gasteiger partial charge in [0.1, 0.15) is 12.4 Å². The number of hydrogen-bond donors (Lipinski definition) is 0. The molecule has 1 aliphatic carbocycles. The Morgan fingerprint density at radius 1 is 1.38 bits per heavy atom. The summed E-state index contributed by atoms with van der Waals surface area (Å²) in [5, 5.41) is 3.63. The summed E-state index contributed by atoms with van der Waals surface area (Å²) in [5.74, 6) is -0.892. The molecule has 0 bridgehead atoms. The van der Waals surface area contributed by atoms with E-state index in [9.17, 15) is 14.0 Å². The molecule has 0 spiro atoms. The number of benzene rings is 1. The third-order valence-electron chi connectivity index (χ3n) is 5.17. The number of hydrogen-bond acceptors (Lipinski definition) is 6. The van der Waals surface area contributed by atoms with Crippen LogP contribution in [0.2, 0.25) is 0 Å². The van der Waals surface area contributed by atoms with Crippen molar-refractivity contribution in [2.24, 2.45) is 11.0 Å². The zero-order valence-corrected chi connectivity index (χ0v) is 16.4. The van der Waals surface area contributed by atoms with Crippen LogP contribution in [0.4, 0.5) is 4.39 Å². The third kappa shape index (κ3) is 4.32. The van der Waals surface area contributed by atoms with Crippen LogP contribution in [0.3, 0.4) is 0 Å². The number of rotatable bonds is 7. The summed E-state index contributed by atoms with van der Waals surface area (Å²) in [6.07, 6.45) is 2.43. The number of thiophene rings is 1. The number of ketones is 1. The number of carbonyl (C=O) groups excluding carboxylic acids is 2. The number of azide groups is 1. The lowest BCUT2D eigenvalue weighted by Crippen LogP contribution is -2.38. The molecule has 1 aliphatic heterocycles. The second-order valence-electron chi connectivity index (χ2n) is 7.20. The molecule has 1 atom stereocenters. The highest BCUT2D eigenvalue weighted by Crippen LogP contribution is 2.41. The summed E-state index contributed by atoms with van der Waals surface area (Å²) in [5.41, 5.74) is 9.68. The monoisotopic (exact) mass is 414 g/mol. The molecule has 2 heterocycles. The van der Waals surface area contributed by atoms with Crippen LogP contribution in [0.15, 0.2) is 35.4 Å². The lowest BCUT2D eigenvalue weighted by molar-refractivity contribution is -0.132. The minimum atomic E-state index is -0.619. The maximum Gasteiger partial charge on any atom is 0.317 e. The quantitative estimate of drug-likeness (QED) is 0.294. The Morgan fingerprint density at radius 3 is 2.90 bits per heavy atom. The molecule has 2 aliphatic rings. The van der Waals surface area contributed by atoms with Crippen LogP contribution >= 0.6 is 11.3 Å². The number of fused-ring (bicyclic) bond motifs is 1. The van der Waals surface area contributed by atoms with E-state index >= 15 is 0 Å². The van der Waals surface area contributed by atoms with Gasteiger partial charge in [-0.15, -0.1) is 11.3 Å². The number of halogens is 1. The van der Waals surface area contributed by atoms with E-state index in [0.29, 0.717) is 30.1 Å². The van der Waals surface area contributed by atoms with Crippen LogP contribution in [-0.4, -0.2) is 29.7 Å². The van der Waals surface area contributed by atoms with Gasteiger partial charge in [-0.2, -0.15) is 0 Å². The van der Waals surface area contributed by atoms with Crippen molar-refractivity contribution in [2.45, 2.75) is 31.8 Å². The van der Waals surface area contributed by atoms with Gasteiger partial charge in [-0.1, -0.05) is 23.3 Å². The van der Waals surface area contributed by atoms with Crippen LogP contribution in [0.25, 0.3) is 10.4 Å². The van der Waals surface area contributed by atoms with Crippen LogP contribution in [0, 0.1) is 11.7 Å². The smallest absolute Gasteiger partial charge is 0.317 e. The fourth-order valence-electron chi connectivity index (χ4n) is 3.65. The van der Waals surface area contributed by atoms with Crippen molar-refractivity contribution >= 4 is 23.1 Å². The number of esters is 1. The van der Waals surface area contributed by atoms with E-state index in [0.717, 1.165) is 23.3 Å². The molecule has 7 nitrogen and oxygen atoms in total. The zero-order valence-electron chi connectivity index (χ0n) is 15.6. The van der Waals surface area contributed by atoms with E-state index in [1.54, 1.807) is 24.3 Å². The summed E-state index contributed by atoms with van der Waals surface area (Å²) in [7, 11) is 0. The van der Waals surface area contributed by atoms with Crippen LogP contribution in [0.5, 0.6) is 5.06 Å². The number of carbonyl (C=O) groups is 2. The van der Waals surface area contributed by atoms with E-state index in [1.807, 2.05) is 4.90 Å². The van der Waals surface area contributed by atoms with Gasteiger partial charge in [0.2, 0.25) is 0 Å². The van der Waals surface area contributed by atoms with E-state index in [1.165, 1.54) is 17.4 Å². The molecule has 0 N–H and O–H groups in total. The standard InChI is InChI=1S/C20H19FN4O3S/c21-15-4-2-1-3-14(15)19(20(27)12-5-6-12)25-8-7-16-13(11-25)9-18(29-16)28-17(26)10-23-24-22/h1-4,9,12,19H,5-8,10-11H2. The Labute approximate surface area is 170 Å². The summed E-state index contributed by atoms with van der Waals surface area (Å²) in [6, 6.07) is 7.64. The lowest BCUT2D eigenvalue weighted by atomic mass is 9.95. The highest BCUT2D eigenvalue weighted by Gasteiger charge is 2.40. The van der Waals surface area contributed by atoms with Crippen molar-refractivity contribution in [2.75, 3.05) is 13.1 Å². The molecule has 9 heteroatoms. The van der Waals surface area contributed by atoms with Crippen molar-refractivity contribution in [1.82, 2.24) is 4.90 Å². The lowest BCUT2D eigenvalue weighted by Gasteiger charge is -2.34. The van der Waals surface area contributed by atoms with Crippen LogP contribution < -0.4 is 4.74 Å². The fraction of sp³-hybridized carbons (Fsp3) is 0.400. The van der Waals surface area contributed by atoms with Crippen molar-refractivity contribution < 1.29 is 18.7 Å². The zero-order chi connectivity index (χ0) is 20.4. The predicted octanol–water partition coefficient (Wildman–Crippen LogP) is 4.18. The summed E-state index contributed by atoms with van der Waals surface area (Å²) in [6.45, 7) is 0.741. The summed E-state index contributed by atoms with van der Waals surface area (Å²) < 4.78 is 19.7. The first-order valence-electron chi connectivity index (χ1n) is 9.42. The van der Waals surface area contributed by atoms with E-state index in [4.69, 9.17) is 10.3 Å². The Hall–Kier alpha value is -2.74. The molecule has 0 amide bonds. The molecule has 0 saturated heterocycles. The average molecular weight is 414 g/mol. The van der Waals surface area contributed by atoms with Crippen LogP contribution in [0.1, 0.15) is 34.9 Å². The SMILES string of the molecule is [N-]=[N+]=NCC(=O)Oc1cc2c(s1)CCN(C(C(=O)C1CC1)c1ccccc1F)C2. The molecule has 150 valence electrons. The van der Waals surface area contributed by atoms with Gasteiger partial charge < -0.3 is 4.74 Å². The first kappa shape index (κ1) is 19.6. The van der Waals surface area contributed by atoms with Crippen LogP contribution in [-0.2, 0) is 22.6 Å². The Balaban J connectivity index is 1.55. The summed E-state index contributed by atoms with van der Waals surface area (Å²) in [4.78, 5) is 30.3. The van der Waals surface area contributed by atoms with Crippen molar-refractivity contribution in [1.29, 1.82) is 0 Å². The second kappa shape index (κ2) is 8.32. The fourth-order valence-corrected chi connectivity index (χ4v) is 4.68. The highest BCUT2D eigenvalue weighted by molar-refractivity contribution is 7.14. The molecule has 2 aromatic rings. The number of ether oxygens (including phenoxy) is 1. The Kier molecular flexibility index (Phi) is 5.62. The van der Waals surface area contributed by atoms with Gasteiger partial charge in [0.05, 0.1) is 6.04 Å². The summed E-state index contributed by atoms with van der Waals surface area (Å²) >= 11 is 1.37. The minimum Gasteiger partial charge on any atom is -0.415 e. The van der Waals surface area contributed by atoms with E-state index in [-0.39, 0.29) is 24.1 Å². The molecule has 29 heavy (non-hydrogen) atoms. The molecular formula is C20H19FN4O3S. The van der Waals surface area contributed by atoms with Crippen molar-refractivity contribution in [3.63, 3.8) is 0 Å². The van der Waals surface area contributed by atoms with Crippen molar-refractivity contribution in [3.8, 4) is 5.06 Å². The van der Waals surface area contributed by atoms with Gasteiger partial charge >= 0.3 is 5.97 Å². The molecular weight excluding hydrogens is 395 g/mol. The van der Waals surface area contributed by atoms with Gasteiger partial charge in [-0.05, 0) is 42.5 Å². The molecule has 1 aromatic carbocycles. The van der Waals surface area contributed by atoms with Gasteiger partial charge in [0, 0.05) is 34.4 Å². The molecule has 1 unspecified atom stereocenters. The van der Waals surface area contributed by atoms with Gasteiger partial charge in [-0.3, -0.25) is 14.5 Å². The molecule has 0 radical (unpaired) electrons. The number of nitrogens with zero attached hydrogens (tertiary/aromatic N) is 4. The molecule has 1 saturated carbocycles. The van der Waals surface area contributed by atoms with Crippen molar-refractivity contribution in [3.05, 3.63) is 62.6 Å². The Bertz CT molecular complexity index is 997. The van der Waals surface area contributed by atoms with Gasteiger partial charge in [-0.25, -0.2) is 4.39 Å². The molecule has 4 rings (SSSR count). The highest BCUT2D eigenvalue weighted by atomic mass is 32.1. The predicted molar refractivity (Wildman–Crippen MR) is 105 cm³/mol. The van der Waals surface area contributed by atoms with Gasteiger partial charge in [0.25, 0.3) is 0 Å². The first-order chi connectivity index (χ1) is 14.1.